The average Bonchev–Trinajstić information content (AvgIpc) is 2.90. The monoisotopic (exact) mass is 207 g/mol. The largest absolute Gasteiger partial charge is 0.472 e. The Hall–Kier alpha value is -1.62. The molecule has 0 aliphatic heterocycles. The Kier molecular flexibility index (Phi) is 3.14. The molecule has 1 N–H and O–H groups in total. The maximum Gasteiger partial charge on any atom is 0.227 e. The van der Waals surface area contributed by atoms with E-state index in [0.29, 0.717) is 5.89 Å². The second-order valence-electron chi connectivity index (χ2n) is 3.32. The van der Waals surface area contributed by atoms with Crippen LogP contribution in [0.3, 0.4) is 0 Å². The normalized spacial score (nSPS) is 12.9. The van der Waals surface area contributed by atoms with E-state index in [-0.39, 0.29) is 6.04 Å². The van der Waals surface area contributed by atoms with Crippen LogP contribution in [0.1, 0.15) is 24.4 Å². The van der Waals surface area contributed by atoms with Crippen molar-refractivity contribution in [3.63, 3.8) is 0 Å². The van der Waals surface area contributed by atoms with Crippen molar-refractivity contribution < 1.29 is 8.94 Å². The number of furan rings is 1. The van der Waals surface area contributed by atoms with E-state index in [4.69, 9.17) is 8.94 Å². The van der Waals surface area contributed by atoms with Gasteiger partial charge in [0.25, 0.3) is 0 Å². The molecule has 0 radical (unpaired) electrons. The van der Waals surface area contributed by atoms with Gasteiger partial charge in [-0.05, 0) is 13.0 Å². The Labute approximate surface area is 87.5 Å². The summed E-state index contributed by atoms with van der Waals surface area (Å²) in [4.78, 5) is 3.94. The zero-order chi connectivity index (χ0) is 10.5. The average molecular weight is 207 g/mol. The van der Waals surface area contributed by atoms with Gasteiger partial charge in [-0.1, -0.05) is 5.16 Å². The molecule has 2 heterocycles. The number of nitrogens with zero attached hydrogens (tertiary/aromatic N) is 2. The van der Waals surface area contributed by atoms with Crippen LogP contribution in [0.5, 0.6) is 0 Å². The zero-order valence-electron chi connectivity index (χ0n) is 8.51. The molecule has 0 aliphatic rings. The third kappa shape index (κ3) is 2.66. The molecule has 0 spiro atoms. The second-order valence-corrected chi connectivity index (χ2v) is 3.32. The van der Waals surface area contributed by atoms with Crippen molar-refractivity contribution in [3.8, 4) is 0 Å². The second kappa shape index (κ2) is 4.75. The summed E-state index contributed by atoms with van der Waals surface area (Å²) in [6.45, 7) is 2.88. The minimum atomic E-state index is 0.270. The maximum absolute atomic E-state index is 5.01. The summed E-state index contributed by atoms with van der Waals surface area (Å²) >= 11 is 0. The van der Waals surface area contributed by atoms with Gasteiger partial charge in [-0.15, -0.1) is 0 Å². The summed E-state index contributed by atoms with van der Waals surface area (Å²) < 4.78 is 9.89. The zero-order valence-corrected chi connectivity index (χ0v) is 8.51. The van der Waals surface area contributed by atoms with Gasteiger partial charge in [-0.2, -0.15) is 4.98 Å². The Morgan fingerprint density at radius 1 is 1.53 bits per heavy atom. The van der Waals surface area contributed by atoms with E-state index < -0.39 is 0 Å². The number of rotatable bonds is 5. The molecule has 1 atom stereocenters. The van der Waals surface area contributed by atoms with Crippen molar-refractivity contribution in [2.24, 2.45) is 0 Å². The van der Waals surface area contributed by atoms with E-state index in [1.807, 2.05) is 6.07 Å². The molecular weight excluding hydrogens is 194 g/mol. The van der Waals surface area contributed by atoms with Crippen molar-refractivity contribution in [1.29, 1.82) is 0 Å². The molecule has 5 nitrogen and oxygen atoms in total. The first kappa shape index (κ1) is 9.92. The summed E-state index contributed by atoms with van der Waals surface area (Å²) in [6.07, 6.45) is 5.56. The fourth-order valence-corrected chi connectivity index (χ4v) is 1.34. The molecule has 80 valence electrons. The number of aromatic nitrogens is 2. The van der Waals surface area contributed by atoms with E-state index in [9.17, 15) is 0 Å². The van der Waals surface area contributed by atoms with E-state index in [2.05, 4.69) is 22.4 Å². The van der Waals surface area contributed by atoms with Crippen LogP contribution in [0.4, 0.5) is 0 Å². The fourth-order valence-electron chi connectivity index (χ4n) is 1.34. The highest BCUT2D eigenvalue weighted by Crippen LogP contribution is 2.11. The van der Waals surface area contributed by atoms with Crippen LogP contribution in [0.2, 0.25) is 0 Å². The molecule has 2 aromatic rings. The molecular formula is C10H13N3O2. The van der Waals surface area contributed by atoms with Crippen molar-refractivity contribution in [2.45, 2.75) is 19.4 Å². The Balaban J connectivity index is 1.74. The van der Waals surface area contributed by atoms with Crippen LogP contribution in [-0.4, -0.2) is 16.7 Å². The number of nitrogens with one attached hydrogen (secondary N) is 1. The van der Waals surface area contributed by atoms with Gasteiger partial charge < -0.3 is 14.3 Å². The van der Waals surface area contributed by atoms with Gasteiger partial charge >= 0.3 is 0 Å². The molecule has 1 unspecified atom stereocenters. The maximum atomic E-state index is 5.01. The molecule has 5 heteroatoms. The first-order valence-corrected chi connectivity index (χ1v) is 4.87. The van der Waals surface area contributed by atoms with Crippen LogP contribution in [0.15, 0.2) is 33.9 Å². The lowest BCUT2D eigenvalue weighted by molar-refractivity contribution is 0.372. The summed E-state index contributed by atoms with van der Waals surface area (Å²) in [5, 5.41) is 6.88. The van der Waals surface area contributed by atoms with Gasteiger partial charge in [0.15, 0.2) is 6.33 Å². The van der Waals surface area contributed by atoms with Crippen LogP contribution in [0.25, 0.3) is 0 Å². The minimum absolute atomic E-state index is 0.270. The van der Waals surface area contributed by atoms with Gasteiger partial charge in [-0.25, -0.2) is 0 Å². The van der Waals surface area contributed by atoms with Crippen LogP contribution < -0.4 is 5.32 Å². The lowest BCUT2D eigenvalue weighted by Gasteiger charge is -2.10. The molecule has 2 rings (SSSR count). The predicted octanol–water partition coefficient (Wildman–Crippen LogP) is 1.56. The van der Waals surface area contributed by atoms with Crippen LogP contribution >= 0.6 is 0 Å². The van der Waals surface area contributed by atoms with Crippen molar-refractivity contribution in [2.75, 3.05) is 6.54 Å². The van der Waals surface area contributed by atoms with E-state index in [1.54, 1.807) is 12.5 Å². The highest BCUT2D eigenvalue weighted by atomic mass is 16.5. The molecule has 0 aliphatic carbocycles. The Morgan fingerprint density at radius 2 is 2.47 bits per heavy atom. The third-order valence-electron chi connectivity index (χ3n) is 2.24. The molecule has 2 aromatic heterocycles. The summed E-state index contributed by atoms with van der Waals surface area (Å²) in [7, 11) is 0. The SMILES string of the molecule is CC(NCCc1ncno1)c1ccoc1. The number of hydrogen-bond donors (Lipinski definition) is 1. The Morgan fingerprint density at radius 3 is 3.13 bits per heavy atom. The molecule has 0 aromatic carbocycles. The van der Waals surface area contributed by atoms with Gasteiger partial charge in [0.05, 0.1) is 12.5 Å². The van der Waals surface area contributed by atoms with Crippen LogP contribution in [0, 0.1) is 0 Å². The van der Waals surface area contributed by atoms with Gasteiger partial charge in [0.2, 0.25) is 5.89 Å². The van der Waals surface area contributed by atoms with Crippen LogP contribution in [-0.2, 0) is 6.42 Å². The number of hydrogen-bond acceptors (Lipinski definition) is 5. The summed E-state index contributed by atoms with van der Waals surface area (Å²) in [5.41, 5.74) is 1.14. The van der Waals surface area contributed by atoms with E-state index in [0.717, 1.165) is 18.5 Å². The highest BCUT2D eigenvalue weighted by Gasteiger charge is 2.06. The predicted molar refractivity (Wildman–Crippen MR) is 53.1 cm³/mol. The molecule has 0 amide bonds. The summed E-state index contributed by atoms with van der Waals surface area (Å²) in [5.74, 6) is 0.655. The standard InChI is InChI=1S/C10H13N3O2/c1-8(9-3-5-14-6-9)11-4-2-10-12-7-13-15-10/h3,5-8,11H,2,4H2,1H3. The molecule has 15 heavy (non-hydrogen) atoms. The minimum Gasteiger partial charge on any atom is -0.472 e. The van der Waals surface area contributed by atoms with Crippen molar-refractivity contribution in [3.05, 3.63) is 36.4 Å². The van der Waals surface area contributed by atoms with Gasteiger partial charge in [0, 0.05) is 24.6 Å². The van der Waals surface area contributed by atoms with Crippen molar-refractivity contribution >= 4 is 0 Å². The fraction of sp³-hybridized carbons (Fsp3) is 0.400. The Bertz CT molecular complexity index is 369. The topological polar surface area (TPSA) is 64.1 Å². The van der Waals surface area contributed by atoms with E-state index >= 15 is 0 Å². The first-order valence-electron chi connectivity index (χ1n) is 4.87. The molecule has 0 saturated carbocycles. The van der Waals surface area contributed by atoms with E-state index in [1.165, 1.54) is 6.33 Å². The third-order valence-corrected chi connectivity index (χ3v) is 2.24. The molecule has 0 bridgehead atoms. The lowest BCUT2D eigenvalue weighted by atomic mass is 10.2. The van der Waals surface area contributed by atoms with Crippen molar-refractivity contribution in [1.82, 2.24) is 15.5 Å². The molecule has 0 saturated heterocycles. The summed E-state index contributed by atoms with van der Waals surface area (Å²) in [6, 6.07) is 2.22. The quantitative estimate of drug-likeness (QED) is 0.806. The first-order chi connectivity index (χ1) is 7.36. The van der Waals surface area contributed by atoms with Gasteiger partial charge in [0.1, 0.15) is 0 Å². The molecule has 0 fully saturated rings. The lowest BCUT2D eigenvalue weighted by Crippen LogP contribution is -2.21. The highest BCUT2D eigenvalue weighted by molar-refractivity contribution is 5.10. The smallest absolute Gasteiger partial charge is 0.227 e. The van der Waals surface area contributed by atoms with Gasteiger partial charge in [-0.3, -0.25) is 0 Å².